The minimum Gasteiger partial charge on any atom is -0.378 e. The molecule has 1 aliphatic rings. The maximum absolute atomic E-state index is 9.08. The van der Waals surface area contributed by atoms with Gasteiger partial charge in [-0.3, -0.25) is 0 Å². The second kappa shape index (κ2) is 6.17. The van der Waals surface area contributed by atoms with Crippen LogP contribution in [0.15, 0.2) is 42.5 Å². The highest BCUT2D eigenvalue weighted by molar-refractivity contribution is 6.31. The summed E-state index contributed by atoms with van der Waals surface area (Å²) in [5.74, 6) is 0. The highest BCUT2D eigenvalue weighted by atomic mass is 35.5. The first-order chi connectivity index (χ1) is 10.3. The molecular weight excluding hydrogens is 282 g/mol. The lowest BCUT2D eigenvalue weighted by Crippen LogP contribution is -2.15. The fraction of sp³-hybridized carbons (Fsp3) is 0.235. The molecule has 1 atom stereocenters. The number of nitrogens with zero attached hydrogens (tertiary/aromatic N) is 1. The first-order valence-electron chi connectivity index (χ1n) is 7.02. The van der Waals surface area contributed by atoms with E-state index >= 15 is 0 Å². The molecule has 0 spiro atoms. The molecule has 21 heavy (non-hydrogen) atoms. The van der Waals surface area contributed by atoms with Crippen molar-refractivity contribution in [2.24, 2.45) is 0 Å². The monoisotopic (exact) mass is 297 g/mol. The molecule has 0 saturated heterocycles. The molecule has 0 amide bonds. The average molecular weight is 298 g/mol. The van der Waals surface area contributed by atoms with Gasteiger partial charge in [0.2, 0.25) is 0 Å². The summed E-state index contributed by atoms with van der Waals surface area (Å²) in [7, 11) is 0. The Balaban J connectivity index is 1.89. The zero-order valence-electron chi connectivity index (χ0n) is 11.6. The molecule has 0 bridgehead atoms. The van der Waals surface area contributed by atoms with Crippen LogP contribution in [0.4, 0.5) is 5.69 Å². The Morgan fingerprint density at radius 2 is 2.10 bits per heavy atom. The molecule has 2 N–H and O–H groups in total. The summed E-state index contributed by atoms with van der Waals surface area (Å²) < 4.78 is 0. The molecule has 2 aromatic carbocycles. The molecule has 2 aromatic rings. The number of halogens is 1. The molecule has 106 valence electrons. The van der Waals surface area contributed by atoms with Gasteiger partial charge in [-0.25, -0.2) is 0 Å². The van der Waals surface area contributed by atoms with Gasteiger partial charge in [0.15, 0.2) is 0 Å². The highest BCUT2D eigenvalue weighted by Gasteiger charge is 2.18. The Morgan fingerprint density at radius 1 is 1.24 bits per heavy atom. The fourth-order valence-electron chi connectivity index (χ4n) is 2.71. The van der Waals surface area contributed by atoms with E-state index in [-0.39, 0.29) is 6.04 Å². The molecule has 0 aromatic heterocycles. The molecule has 0 fully saturated rings. The SMILES string of the molecule is N#Cc1cc(NC2CCNCc3ccccc32)ccc1Cl. The fourth-order valence-corrected chi connectivity index (χ4v) is 2.87. The summed E-state index contributed by atoms with van der Waals surface area (Å²) in [6.07, 6.45) is 1.00. The second-order valence-electron chi connectivity index (χ2n) is 5.17. The summed E-state index contributed by atoms with van der Waals surface area (Å²) in [5.41, 5.74) is 4.07. The molecule has 3 rings (SSSR count). The van der Waals surface area contributed by atoms with Crippen LogP contribution >= 0.6 is 11.6 Å². The molecule has 1 aliphatic heterocycles. The zero-order chi connectivity index (χ0) is 14.7. The smallest absolute Gasteiger partial charge is 0.101 e. The molecule has 1 heterocycles. The Labute approximate surface area is 129 Å². The van der Waals surface area contributed by atoms with E-state index in [9.17, 15) is 0 Å². The molecular formula is C17H16ClN3. The van der Waals surface area contributed by atoms with Crippen LogP contribution in [0, 0.1) is 11.3 Å². The van der Waals surface area contributed by atoms with Crippen molar-refractivity contribution < 1.29 is 0 Å². The minimum atomic E-state index is 0.240. The van der Waals surface area contributed by atoms with Crippen LogP contribution < -0.4 is 10.6 Å². The standard InChI is InChI=1S/C17H16ClN3/c18-16-6-5-14(9-13(16)10-19)21-17-7-8-20-11-12-3-1-2-4-15(12)17/h1-6,9,17,20-21H,7-8,11H2. The van der Waals surface area contributed by atoms with Gasteiger partial charge in [-0.1, -0.05) is 35.9 Å². The zero-order valence-corrected chi connectivity index (χ0v) is 12.3. The molecule has 3 nitrogen and oxygen atoms in total. The first kappa shape index (κ1) is 13.9. The average Bonchev–Trinajstić information content (AvgIpc) is 2.72. The number of nitrogens with one attached hydrogen (secondary N) is 2. The summed E-state index contributed by atoms with van der Waals surface area (Å²) in [5, 5.41) is 16.5. The first-order valence-corrected chi connectivity index (χ1v) is 7.40. The van der Waals surface area contributed by atoms with E-state index < -0.39 is 0 Å². The van der Waals surface area contributed by atoms with Gasteiger partial charge in [0.05, 0.1) is 16.6 Å². The number of benzene rings is 2. The Morgan fingerprint density at radius 3 is 2.95 bits per heavy atom. The van der Waals surface area contributed by atoms with E-state index in [4.69, 9.17) is 16.9 Å². The molecule has 1 unspecified atom stereocenters. The number of hydrogen-bond acceptors (Lipinski definition) is 3. The van der Waals surface area contributed by atoms with Crippen LogP contribution in [0.3, 0.4) is 0 Å². The van der Waals surface area contributed by atoms with E-state index in [2.05, 4.69) is 41.0 Å². The van der Waals surface area contributed by atoms with Crippen LogP contribution in [0.1, 0.15) is 29.2 Å². The minimum absolute atomic E-state index is 0.240. The highest BCUT2D eigenvalue weighted by Crippen LogP contribution is 2.29. The van der Waals surface area contributed by atoms with E-state index in [1.165, 1.54) is 11.1 Å². The van der Waals surface area contributed by atoms with Crippen molar-refractivity contribution in [2.45, 2.75) is 19.0 Å². The van der Waals surface area contributed by atoms with Gasteiger partial charge >= 0.3 is 0 Å². The van der Waals surface area contributed by atoms with Crippen molar-refractivity contribution in [3.63, 3.8) is 0 Å². The summed E-state index contributed by atoms with van der Waals surface area (Å²) >= 11 is 5.99. The van der Waals surface area contributed by atoms with E-state index in [0.717, 1.165) is 25.2 Å². The largest absolute Gasteiger partial charge is 0.378 e. The van der Waals surface area contributed by atoms with Gasteiger partial charge in [-0.2, -0.15) is 5.26 Å². The number of anilines is 1. The predicted octanol–water partition coefficient (Wildman–Crippen LogP) is 3.86. The third kappa shape index (κ3) is 3.02. The summed E-state index contributed by atoms with van der Waals surface area (Å²) in [4.78, 5) is 0. The molecule has 0 saturated carbocycles. The van der Waals surface area contributed by atoms with Crippen LogP contribution in [0.2, 0.25) is 5.02 Å². The van der Waals surface area contributed by atoms with E-state index in [1.54, 1.807) is 6.07 Å². The van der Waals surface area contributed by atoms with Gasteiger partial charge < -0.3 is 10.6 Å². The number of nitriles is 1. The third-order valence-corrected chi connectivity index (χ3v) is 4.11. The Bertz CT molecular complexity index is 691. The van der Waals surface area contributed by atoms with Gasteiger partial charge in [0.25, 0.3) is 0 Å². The Kier molecular flexibility index (Phi) is 4.10. The maximum Gasteiger partial charge on any atom is 0.101 e. The predicted molar refractivity (Wildman–Crippen MR) is 85.3 cm³/mol. The van der Waals surface area contributed by atoms with Crippen molar-refractivity contribution >= 4 is 17.3 Å². The van der Waals surface area contributed by atoms with Crippen molar-refractivity contribution in [1.82, 2.24) is 5.32 Å². The number of hydrogen-bond donors (Lipinski definition) is 2. The van der Waals surface area contributed by atoms with Crippen LogP contribution in [-0.4, -0.2) is 6.54 Å². The lowest BCUT2D eigenvalue weighted by Gasteiger charge is -2.20. The van der Waals surface area contributed by atoms with Crippen LogP contribution in [0.25, 0.3) is 0 Å². The lowest BCUT2D eigenvalue weighted by atomic mass is 9.99. The normalized spacial score (nSPS) is 17.4. The number of rotatable bonds is 2. The second-order valence-corrected chi connectivity index (χ2v) is 5.57. The van der Waals surface area contributed by atoms with Gasteiger partial charge in [0.1, 0.15) is 6.07 Å². The molecule has 0 aliphatic carbocycles. The quantitative estimate of drug-likeness (QED) is 0.885. The van der Waals surface area contributed by atoms with E-state index in [0.29, 0.717) is 10.6 Å². The van der Waals surface area contributed by atoms with Gasteiger partial charge in [-0.05, 0) is 42.3 Å². The van der Waals surface area contributed by atoms with Crippen molar-refractivity contribution in [1.29, 1.82) is 5.26 Å². The molecule has 0 radical (unpaired) electrons. The summed E-state index contributed by atoms with van der Waals surface area (Å²) in [6.45, 7) is 1.86. The van der Waals surface area contributed by atoms with Crippen molar-refractivity contribution in [2.75, 3.05) is 11.9 Å². The molecule has 4 heteroatoms. The van der Waals surface area contributed by atoms with Gasteiger partial charge in [-0.15, -0.1) is 0 Å². The van der Waals surface area contributed by atoms with Crippen LogP contribution in [-0.2, 0) is 6.54 Å². The Hall–Kier alpha value is -2.02. The lowest BCUT2D eigenvalue weighted by molar-refractivity contribution is 0.637. The van der Waals surface area contributed by atoms with Crippen molar-refractivity contribution in [3.8, 4) is 6.07 Å². The van der Waals surface area contributed by atoms with Crippen LogP contribution in [0.5, 0.6) is 0 Å². The van der Waals surface area contributed by atoms with Gasteiger partial charge in [0, 0.05) is 12.2 Å². The summed E-state index contributed by atoms with van der Waals surface area (Å²) in [6, 6.07) is 16.3. The number of fused-ring (bicyclic) bond motifs is 1. The van der Waals surface area contributed by atoms with E-state index in [1.807, 2.05) is 12.1 Å². The van der Waals surface area contributed by atoms with Crippen molar-refractivity contribution in [3.05, 3.63) is 64.2 Å². The topological polar surface area (TPSA) is 47.9 Å². The maximum atomic E-state index is 9.08. The third-order valence-electron chi connectivity index (χ3n) is 3.78.